The molecule has 4 heteroatoms. The number of benzene rings is 1. The summed E-state index contributed by atoms with van der Waals surface area (Å²) in [5.41, 5.74) is 1.95. The molecule has 0 bridgehead atoms. The molecule has 0 saturated carbocycles. The third-order valence-corrected chi connectivity index (χ3v) is 3.59. The maximum Gasteiger partial charge on any atom is 0.158 e. The van der Waals surface area contributed by atoms with E-state index in [0.29, 0.717) is 0 Å². The first kappa shape index (κ1) is 16.7. The van der Waals surface area contributed by atoms with Crippen LogP contribution in [0.3, 0.4) is 0 Å². The Kier molecular flexibility index (Phi) is 6.65. The van der Waals surface area contributed by atoms with Crippen LogP contribution in [0.5, 0.6) is 0 Å². The summed E-state index contributed by atoms with van der Waals surface area (Å²) < 4.78 is 11.2. The molecule has 1 aromatic heterocycles. The summed E-state index contributed by atoms with van der Waals surface area (Å²) in [6.45, 7) is 7.28. The third kappa shape index (κ3) is 4.98. The second-order valence-electron chi connectivity index (χ2n) is 5.40. The number of quaternary nitrogens is 1. The van der Waals surface area contributed by atoms with Crippen LogP contribution in [0.2, 0.25) is 0 Å². The highest BCUT2D eigenvalue weighted by molar-refractivity contribution is 5.58. The van der Waals surface area contributed by atoms with Crippen LogP contribution >= 0.6 is 0 Å². The van der Waals surface area contributed by atoms with E-state index < -0.39 is 6.10 Å². The molecule has 120 valence electrons. The van der Waals surface area contributed by atoms with Crippen molar-refractivity contribution < 1.29 is 19.6 Å². The Hall–Kier alpha value is -1.62. The van der Waals surface area contributed by atoms with E-state index in [1.165, 1.54) is 0 Å². The fraction of sp³-hybridized carbons (Fsp3) is 0.444. The molecule has 0 aliphatic rings. The fourth-order valence-corrected chi connectivity index (χ4v) is 2.29. The first-order chi connectivity index (χ1) is 10.7. The Morgan fingerprint density at radius 2 is 1.95 bits per heavy atom. The molecule has 22 heavy (non-hydrogen) atoms. The molecule has 0 aliphatic heterocycles. The minimum atomic E-state index is -0.438. The molecular weight excluding hydrogens is 278 g/mol. The lowest BCUT2D eigenvalue weighted by Gasteiger charge is -2.05. The van der Waals surface area contributed by atoms with Crippen molar-refractivity contribution in [2.45, 2.75) is 32.9 Å². The van der Waals surface area contributed by atoms with E-state index in [1.807, 2.05) is 43.3 Å². The predicted octanol–water partition coefficient (Wildman–Crippen LogP) is 2.49. The lowest BCUT2D eigenvalue weighted by Crippen LogP contribution is -2.82. The van der Waals surface area contributed by atoms with Crippen molar-refractivity contribution in [2.24, 2.45) is 0 Å². The zero-order valence-electron chi connectivity index (χ0n) is 13.4. The Balaban J connectivity index is 1.83. The van der Waals surface area contributed by atoms with Crippen molar-refractivity contribution in [1.29, 1.82) is 0 Å². The summed E-state index contributed by atoms with van der Waals surface area (Å²) in [5, 5.41) is 11.8. The van der Waals surface area contributed by atoms with Crippen LogP contribution in [0.1, 0.15) is 37.7 Å². The second-order valence-corrected chi connectivity index (χ2v) is 5.40. The number of rotatable bonds is 9. The minimum absolute atomic E-state index is 0.438. The average molecular weight is 304 g/mol. The predicted molar refractivity (Wildman–Crippen MR) is 86.4 cm³/mol. The Labute approximate surface area is 132 Å². The van der Waals surface area contributed by atoms with Crippen molar-refractivity contribution >= 4 is 0 Å². The highest BCUT2D eigenvalue weighted by Crippen LogP contribution is 2.23. The van der Waals surface area contributed by atoms with Gasteiger partial charge in [-0.05, 0) is 31.5 Å². The van der Waals surface area contributed by atoms with Crippen LogP contribution in [-0.4, -0.2) is 24.9 Å². The first-order valence-corrected chi connectivity index (χ1v) is 7.97. The molecule has 0 unspecified atom stereocenters. The van der Waals surface area contributed by atoms with Gasteiger partial charge in [-0.3, -0.25) is 0 Å². The van der Waals surface area contributed by atoms with Gasteiger partial charge < -0.3 is 19.6 Å². The van der Waals surface area contributed by atoms with Gasteiger partial charge in [0.15, 0.2) is 5.76 Å². The van der Waals surface area contributed by atoms with Crippen molar-refractivity contribution in [3.8, 4) is 11.3 Å². The maximum absolute atomic E-state index is 9.53. The zero-order chi connectivity index (χ0) is 15.8. The molecule has 0 aliphatic carbocycles. The van der Waals surface area contributed by atoms with Gasteiger partial charge >= 0.3 is 0 Å². The number of hydrogen-bond donors (Lipinski definition) is 2. The second kappa shape index (κ2) is 8.73. The van der Waals surface area contributed by atoms with E-state index >= 15 is 0 Å². The molecule has 4 nitrogen and oxygen atoms in total. The number of hydrogen-bond acceptors (Lipinski definition) is 3. The average Bonchev–Trinajstić information content (AvgIpc) is 3.00. The van der Waals surface area contributed by atoms with Gasteiger partial charge in [0, 0.05) is 18.6 Å². The summed E-state index contributed by atoms with van der Waals surface area (Å²) in [6, 6.07) is 11.9. The van der Waals surface area contributed by atoms with E-state index in [4.69, 9.17) is 9.15 Å². The Morgan fingerprint density at radius 3 is 2.64 bits per heavy atom. The van der Waals surface area contributed by atoms with Gasteiger partial charge in [0.1, 0.15) is 12.3 Å². The molecule has 1 atom stereocenters. The number of aliphatic hydroxyl groups excluding tert-OH is 1. The molecule has 2 aromatic rings. The van der Waals surface area contributed by atoms with Crippen molar-refractivity contribution in [3.05, 3.63) is 47.7 Å². The summed E-state index contributed by atoms with van der Waals surface area (Å²) in [5.74, 6) is 1.85. The van der Waals surface area contributed by atoms with E-state index in [9.17, 15) is 5.11 Å². The van der Waals surface area contributed by atoms with Gasteiger partial charge in [0.25, 0.3) is 0 Å². The van der Waals surface area contributed by atoms with Crippen LogP contribution < -0.4 is 5.32 Å². The highest BCUT2D eigenvalue weighted by atomic mass is 16.5. The van der Waals surface area contributed by atoms with Crippen LogP contribution in [0.15, 0.2) is 40.8 Å². The fourth-order valence-electron chi connectivity index (χ4n) is 2.29. The molecule has 0 saturated heterocycles. The third-order valence-electron chi connectivity index (χ3n) is 3.59. The highest BCUT2D eigenvalue weighted by Gasteiger charge is 2.07. The van der Waals surface area contributed by atoms with Gasteiger partial charge in [0.2, 0.25) is 0 Å². The number of nitrogens with two attached hydrogens (primary N) is 1. The summed E-state index contributed by atoms with van der Waals surface area (Å²) in [7, 11) is 0. The van der Waals surface area contributed by atoms with Gasteiger partial charge in [0.05, 0.1) is 19.3 Å². The molecule has 0 spiro atoms. The Bertz CT molecular complexity index is 546. The molecular formula is C18H26NO3+. The first-order valence-electron chi connectivity index (χ1n) is 7.97. The molecule has 0 fully saturated rings. The number of ether oxygens (including phenoxy) is 1. The smallest absolute Gasteiger partial charge is 0.158 e. The maximum atomic E-state index is 9.53. The van der Waals surface area contributed by atoms with Crippen LogP contribution in [0.4, 0.5) is 0 Å². The van der Waals surface area contributed by atoms with Gasteiger partial charge in [-0.2, -0.15) is 0 Å². The van der Waals surface area contributed by atoms with E-state index in [2.05, 4.69) is 5.32 Å². The summed E-state index contributed by atoms with van der Waals surface area (Å²) in [6.07, 6.45) is 0.620. The van der Waals surface area contributed by atoms with E-state index in [-0.39, 0.29) is 0 Å². The molecule has 0 radical (unpaired) electrons. The molecule has 1 heterocycles. The number of aliphatic hydroxyl groups is 1. The van der Waals surface area contributed by atoms with E-state index in [1.54, 1.807) is 6.92 Å². The monoisotopic (exact) mass is 304 g/mol. The minimum Gasteiger partial charge on any atom is -0.455 e. The van der Waals surface area contributed by atoms with Crippen molar-refractivity contribution in [1.82, 2.24) is 0 Å². The quantitative estimate of drug-likeness (QED) is 0.700. The number of furan rings is 1. The van der Waals surface area contributed by atoms with Gasteiger partial charge in [-0.15, -0.1) is 0 Å². The molecule has 1 aromatic carbocycles. The van der Waals surface area contributed by atoms with Crippen molar-refractivity contribution in [2.75, 3.05) is 19.8 Å². The van der Waals surface area contributed by atoms with Gasteiger partial charge in [-0.25, -0.2) is 0 Å². The largest absolute Gasteiger partial charge is 0.455 e. The molecule has 2 rings (SSSR count). The molecule has 0 amide bonds. The summed E-state index contributed by atoms with van der Waals surface area (Å²) in [4.78, 5) is 0. The SMILES string of the molecule is CCOCCC[NH2+]Cc1ccc(-c2ccc([C@@H](C)O)cc2)o1. The zero-order valence-corrected chi connectivity index (χ0v) is 13.4. The van der Waals surface area contributed by atoms with Crippen LogP contribution in [0.25, 0.3) is 11.3 Å². The van der Waals surface area contributed by atoms with Crippen LogP contribution in [0, 0.1) is 0 Å². The lowest BCUT2D eigenvalue weighted by molar-refractivity contribution is -0.672. The lowest BCUT2D eigenvalue weighted by atomic mass is 10.1. The van der Waals surface area contributed by atoms with E-state index in [0.717, 1.165) is 55.4 Å². The van der Waals surface area contributed by atoms with Crippen molar-refractivity contribution in [3.63, 3.8) is 0 Å². The molecule has 3 N–H and O–H groups in total. The normalized spacial score (nSPS) is 12.5. The Morgan fingerprint density at radius 1 is 1.18 bits per heavy atom. The van der Waals surface area contributed by atoms with Gasteiger partial charge in [-0.1, -0.05) is 24.3 Å². The topological polar surface area (TPSA) is 59.2 Å². The summed E-state index contributed by atoms with van der Waals surface area (Å²) >= 11 is 0. The van der Waals surface area contributed by atoms with Crippen LogP contribution in [-0.2, 0) is 11.3 Å². The standard InChI is InChI=1S/C18H25NO3/c1-3-21-12-4-11-19-13-17-9-10-18(22-17)16-7-5-15(6-8-16)14(2)20/h5-10,14,19-20H,3-4,11-13H2,1-2H3/p+1/t14-/m1/s1.